The molecule has 0 spiro atoms. The Morgan fingerprint density at radius 1 is 1.07 bits per heavy atom. The highest BCUT2D eigenvalue weighted by Gasteiger charge is 2.26. The standard InChI is InChI=1S/C22H20FN3O2S/c23-17-5-1-4-16(14-17)15-25-11-3-12-26(22(25)28)19-9-7-18(8-10-19)24-21(27)20-6-2-13-29-20/h1-2,4-10,13-14H,3,11-12,15H2,(H,24,27). The highest BCUT2D eigenvalue weighted by molar-refractivity contribution is 7.12. The molecule has 1 aromatic heterocycles. The number of carbonyl (C=O) groups excluding carboxylic acids is 2. The maximum atomic E-state index is 13.4. The number of halogens is 1. The first-order chi connectivity index (χ1) is 14.1. The number of hydrogen-bond acceptors (Lipinski definition) is 3. The van der Waals surface area contributed by atoms with E-state index in [1.165, 1.54) is 23.5 Å². The quantitative estimate of drug-likeness (QED) is 0.647. The lowest BCUT2D eigenvalue weighted by molar-refractivity contribution is 0.103. The molecule has 7 heteroatoms. The summed E-state index contributed by atoms with van der Waals surface area (Å²) in [5, 5.41) is 4.71. The van der Waals surface area contributed by atoms with Crippen LogP contribution in [0.1, 0.15) is 21.7 Å². The second-order valence-corrected chi connectivity index (χ2v) is 7.77. The topological polar surface area (TPSA) is 52.7 Å². The predicted octanol–water partition coefficient (Wildman–Crippen LogP) is 4.97. The summed E-state index contributed by atoms with van der Waals surface area (Å²) < 4.78 is 13.4. The van der Waals surface area contributed by atoms with E-state index in [1.807, 2.05) is 29.6 Å². The van der Waals surface area contributed by atoms with E-state index in [1.54, 1.807) is 34.1 Å². The molecule has 1 aliphatic rings. The Labute approximate surface area is 172 Å². The summed E-state index contributed by atoms with van der Waals surface area (Å²) in [5.41, 5.74) is 2.22. The van der Waals surface area contributed by atoms with Crippen molar-refractivity contribution in [2.24, 2.45) is 0 Å². The summed E-state index contributed by atoms with van der Waals surface area (Å²) in [6.45, 7) is 1.64. The van der Waals surface area contributed by atoms with E-state index < -0.39 is 0 Å². The molecule has 2 aromatic carbocycles. The Hall–Kier alpha value is -3.19. The van der Waals surface area contributed by atoms with Gasteiger partial charge in [-0.1, -0.05) is 18.2 Å². The van der Waals surface area contributed by atoms with Gasteiger partial charge in [0, 0.05) is 31.0 Å². The van der Waals surface area contributed by atoms with E-state index in [2.05, 4.69) is 5.32 Å². The van der Waals surface area contributed by atoms with Gasteiger partial charge >= 0.3 is 6.03 Å². The molecule has 0 saturated carbocycles. The SMILES string of the molecule is O=C(Nc1ccc(N2CCCN(Cc3cccc(F)c3)C2=O)cc1)c1cccs1. The van der Waals surface area contributed by atoms with E-state index in [0.717, 1.165) is 17.7 Å². The summed E-state index contributed by atoms with van der Waals surface area (Å²) in [7, 11) is 0. The third kappa shape index (κ3) is 4.46. The molecule has 0 unspecified atom stereocenters. The maximum Gasteiger partial charge on any atom is 0.324 e. The summed E-state index contributed by atoms with van der Waals surface area (Å²) >= 11 is 1.38. The fraction of sp³-hybridized carbons (Fsp3) is 0.182. The molecule has 0 atom stereocenters. The number of urea groups is 1. The molecule has 0 radical (unpaired) electrons. The van der Waals surface area contributed by atoms with Gasteiger partial charge in [0.25, 0.3) is 5.91 Å². The lowest BCUT2D eigenvalue weighted by atomic mass is 10.1. The zero-order valence-electron chi connectivity index (χ0n) is 15.7. The van der Waals surface area contributed by atoms with Crippen LogP contribution in [0.25, 0.3) is 0 Å². The molecule has 148 valence electrons. The Bertz CT molecular complexity index is 1010. The van der Waals surface area contributed by atoms with E-state index in [9.17, 15) is 14.0 Å². The van der Waals surface area contributed by atoms with Crippen LogP contribution in [0.5, 0.6) is 0 Å². The van der Waals surface area contributed by atoms with Crippen molar-refractivity contribution in [1.29, 1.82) is 0 Å². The van der Waals surface area contributed by atoms with Gasteiger partial charge < -0.3 is 10.2 Å². The zero-order valence-corrected chi connectivity index (χ0v) is 16.5. The van der Waals surface area contributed by atoms with Crippen molar-refractivity contribution in [1.82, 2.24) is 4.90 Å². The van der Waals surface area contributed by atoms with E-state index >= 15 is 0 Å². The third-order valence-corrected chi connectivity index (χ3v) is 5.62. The number of anilines is 2. The fourth-order valence-electron chi connectivity index (χ4n) is 3.35. The summed E-state index contributed by atoms with van der Waals surface area (Å²) in [4.78, 5) is 29.2. The number of carbonyl (C=O) groups is 2. The largest absolute Gasteiger partial charge is 0.324 e. The van der Waals surface area contributed by atoms with Crippen molar-refractivity contribution in [3.05, 3.63) is 82.3 Å². The average Bonchev–Trinajstić information content (AvgIpc) is 3.26. The molecule has 3 amide bonds. The van der Waals surface area contributed by atoms with Gasteiger partial charge in [0.15, 0.2) is 0 Å². The number of nitrogens with one attached hydrogen (secondary N) is 1. The van der Waals surface area contributed by atoms with Crippen LogP contribution in [-0.4, -0.2) is 29.9 Å². The molecule has 3 aromatic rings. The number of nitrogens with zero attached hydrogens (tertiary/aromatic N) is 2. The first kappa shape index (κ1) is 19.1. The van der Waals surface area contributed by atoms with Crippen molar-refractivity contribution in [3.8, 4) is 0 Å². The Balaban J connectivity index is 1.43. The monoisotopic (exact) mass is 409 g/mol. The van der Waals surface area contributed by atoms with Crippen molar-refractivity contribution in [2.45, 2.75) is 13.0 Å². The number of benzene rings is 2. The van der Waals surface area contributed by atoms with Crippen molar-refractivity contribution >= 4 is 34.6 Å². The van der Waals surface area contributed by atoms with Gasteiger partial charge in [-0.2, -0.15) is 0 Å². The van der Waals surface area contributed by atoms with Crippen LogP contribution in [0, 0.1) is 5.82 Å². The predicted molar refractivity (Wildman–Crippen MR) is 113 cm³/mol. The van der Waals surface area contributed by atoms with Crippen LogP contribution >= 0.6 is 11.3 Å². The zero-order chi connectivity index (χ0) is 20.2. The molecular weight excluding hydrogens is 389 g/mol. The van der Waals surface area contributed by atoms with Gasteiger partial charge in [-0.25, -0.2) is 9.18 Å². The summed E-state index contributed by atoms with van der Waals surface area (Å²) in [5.74, 6) is -0.452. The maximum absolute atomic E-state index is 13.4. The summed E-state index contributed by atoms with van der Waals surface area (Å²) in [6.07, 6.45) is 0.831. The number of amides is 3. The van der Waals surface area contributed by atoms with Crippen LogP contribution in [-0.2, 0) is 6.54 Å². The van der Waals surface area contributed by atoms with Crippen molar-refractivity contribution in [2.75, 3.05) is 23.3 Å². The van der Waals surface area contributed by atoms with Gasteiger partial charge in [0.1, 0.15) is 5.82 Å². The first-order valence-electron chi connectivity index (χ1n) is 9.36. The molecule has 1 fully saturated rings. The summed E-state index contributed by atoms with van der Waals surface area (Å²) in [6, 6.07) is 17.1. The van der Waals surface area contributed by atoms with Crippen LogP contribution in [0.15, 0.2) is 66.0 Å². The highest BCUT2D eigenvalue weighted by atomic mass is 32.1. The first-order valence-corrected chi connectivity index (χ1v) is 10.2. The third-order valence-electron chi connectivity index (χ3n) is 4.76. The fourth-order valence-corrected chi connectivity index (χ4v) is 3.97. The molecular formula is C22H20FN3O2S. The van der Waals surface area contributed by atoms with Crippen LogP contribution < -0.4 is 10.2 Å². The highest BCUT2D eigenvalue weighted by Crippen LogP contribution is 2.24. The minimum atomic E-state index is -0.302. The molecule has 1 aliphatic heterocycles. The average molecular weight is 409 g/mol. The molecule has 1 saturated heterocycles. The molecule has 0 aliphatic carbocycles. The van der Waals surface area contributed by atoms with Gasteiger partial charge in [-0.15, -0.1) is 11.3 Å². The lowest BCUT2D eigenvalue weighted by Gasteiger charge is -2.35. The van der Waals surface area contributed by atoms with Crippen molar-refractivity contribution in [3.63, 3.8) is 0 Å². The Morgan fingerprint density at radius 3 is 2.62 bits per heavy atom. The van der Waals surface area contributed by atoms with E-state index in [-0.39, 0.29) is 17.8 Å². The molecule has 5 nitrogen and oxygen atoms in total. The molecule has 4 rings (SSSR count). The lowest BCUT2D eigenvalue weighted by Crippen LogP contribution is -2.49. The second-order valence-electron chi connectivity index (χ2n) is 6.82. The molecule has 0 bridgehead atoms. The normalized spacial score (nSPS) is 14.2. The smallest absolute Gasteiger partial charge is 0.321 e. The Morgan fingerprint density at radius 2 is 1.90 bits per heavy atom. The van der Waals surface area contributed by atoms with Gasteiger partial charge in [-0.3, -0.25) is 9.69 Å². The number of hydrogen-bond donors (Lipinski definition) is 1. The van der Waals surface area contributed by atoms with Crippen LogP contribution in [0.2, 0.25) is 0 Å². The molecule has 29 heavy (non-hydrogen) atoms. The number of thiophene rings is 1. The van der Waals surface area contributed by atoms with Gasteiger partial charge in [0.2, 0.25) is 0 Å². The Kier molecular flexibility index (Phi) is 5.57. The van der Waals surface area contributed by atoms with Crippen LogP contribution in [0.3, 0.4) is 0 Å². The van der Waals surface area contributed by atoms with Crippen LogP contribution in [0.4, 0.5) is 20.6 Å². The van der Waals surface area contributed by atoms with Crippen molar-refractivity contribution < 1.29 is 14.0 Å². The minimum Gasteiger partial charge on any atom is -0.321 e. The van der Waals surface area contributed by atoms with E-state index in [4.69, 9.17) is 0 Å². The van der Waals surface area contributed by atoms with Gasteiger partial charge in [-0.05, 0) is 59.8 Å². The number of rotatable bonds is 5. The van der Waals surface area contributed by atoms with E-state index in [0.29, 0.717) is 30.2 Å². The minimum absolute atomic E-state index is 0.101. The second kappa shape index (κ2) is 8.45. The molecule has 1 N–H and O–H groups in total. The van der Waals surface area contributed by atoms with Gasteiger partial charge in [0.05, 0.1) is 4.88 Å². The molecule has 2 heterocycles.